The van der Waals surface area contributed by atoms with E-state index in [-0.39, 0.29) is 5.91 Å². The fraction of sp³-hybridized carbons (Fsp3) is 0.333. The van der Waals surface area contributed by atoms with Crippen LogP contribution in [0.25, 0.3) is 0 Å². The minimum atomic E-state index is -0.170. The molecule has 0 saturated carbocycles. The number of hydrogen-bond donors (Lipinski definition) is 3. The summed E-state index contributed by atoms with van der Waals surface area (Å²) in [6, 6.07) is 1.78. The van der Waals surface area contributed by atoms with Crippen molar-refractivity contribution in [1.82, 2.24) is 10.4 Å². The average molecular weight is 194 g/mol. The molecule has 0 bridgehead atoms. The van der Waals surface area contributed by atoms with Gasteiger partial charge in [0.25, 0.3) is 0 Å². The highest BCUT2D eigenvalue weighted by molar-refractivity contribution is 5.77. The molecule has 1 amide bonds. The first kappa shape index (κ1) is 10.3. The number of carbonyl (C=O) groups is 1. The number of nitrogens with zero attached hydrogens (tertiary/aromatic N) is 1. The van der Waals surface area contributed by atoms with Gasteiger partial charge in [-0.05, 0) is 19.9 Å². The Hall–Kier alpha value is -1.78. The highest BCUT2D eigenvalue weighted by Crippen LogP contribution is 2.20. The number of nitrogens with two attached hydrogens (primary N) is 1. The zero-order valence-electron chi connectivity index (χ0n) is 8.51. The van der Waals surface area contributed by atoms with Gasteiger partial charge in [-0.15, -0.1) is 0 Å². The number of anilines is 2. The number of amides is 1. The molecule has 1 heterocycles. The number of pyridine rings is 1. The lowest BCUT2D eigenvalue weighted by molar-refractivity contribution is -0.118. The second-order valence-electron chi connectivity index (χ2n) is 3.12. The van der Waals surface area contributed by atoms with E-state index in [4.69, 9.17) is 5.73 Å². The Labute approximate surface area is 82.7 Å². The number of rotatable bonds is 2. The van der Waals surface area contributed by atoms with E-state index in [1.54, 1.807) is 6.07 Å². The highest BCUT2D eigenvalue weighted by Gasteiger charge is 2.04. The first-order chi connectivity index (χ1) is 6.50. The Balaban J connectivity index is 2.90. The molecule has 0 aromatic carbocycles. The maximum absolute atomic E-state index is 10.7. The number of carbonyl (C=O) groups excluding carboxylic acids is 1. The van der Waals surface area contributed by atoms with Crippen LogP contribution in [0.4, 0.5) is 11.4 Å². The van der Waals surface area contributed by atoms with Crippen molar-refractivity contribution in [3.05, 3.63) is 17.5 Å². The molecule has 0 spiro atoms. The van der Waals surface area contributed by atoms with E-state index in [1.807, 2.05) is 13.8 Å². The van der Waals surface area contributed by atoms with Crippen LogP contribution >= 0.6 is 0 Å². The van der Waals surface area contributed by atoms with Crippen LogP contribution in [0.3, 0.4) is 0 Å². The molecule has 5 heteroatoms. The van der Waals surface area contributed by atoms with Crippen molar-refractivity contribution in [3.63, 3.8) is 0 Å². The summed E-state index contributed by atoms with van der Waals surface area (Å²) in [6.07, 6.45) is 0. The lowest BCUT2D eigenvalue weighted by Gasteiger charge is -2.11. The van der Waals surface area contributed by atoms with E-state index in [0.717, 1.165) is 11.4 Å². The minimum Gasteiger partial charge on any atom is -0.396 e. The van der Waals surface area contributed by atoms with Gasteiger partial charge in [0.2, 0.25) is 5.91 Å². The third-order valence-electron chi connectivity index (χ3n) is 1.75. The second-order valence-corrected chi connectivity index (χ2v) is 3.12. The smallest absolute Gasteiger partial charge is 0.235 e. The van der Waals surface area contributed by atoms with Crippen LogP contribution < -0.4 is 16.6 Å². The van der Waals surface area contributed by atoms with Gasteiger partial charge in [0.15, 0.2) is 0 Å². The average Bonchev–Trinajstić information content (AvgIpc) is 2.08. The molecule has 1 rings (SSSR count). The van der Waals surface area contributed by atoms with Crippen LogP contribution in [0.2, 0.25) is 0 Å². The van der Waals surface area contributed by atoms with Crippen molar-refractivity contribution in [2.24, 2.45) is 0 Å². The van der Waals surface area contributed by atoms with Gasteiger partial charge >= 0.3 is 0 Å². The summed E-state index contributed by atoms with van der Waals surface area (Å²) in [7, 11) is 0. The predicted octanol–water partition coefficient (Wildman–Crippen LogP) is 0.744. The summed E-state index contributed by atoms with van der Waals surface area (Å²) in [5.41, 5.74) is 13.8. The van der Waals surface area contributed by atoms with Gasteiger partial charge < -0.3 is 5.73 Å². The molecule has 4 N–H and O–H groups in total. The standard InChI is InChI=1S/C9H14N4O/c1-5-4-8(13-12-7(3)14)9(10)6(2)11-5/h4H,10H2,1-3H3,(H,11,13)(H,12,14). The number of nitrogens with one attached hydrogen (secondary N) is 2. The molecule has 0 aliphatic carbocycles. The molecule has 0 saturated heterocycles. The van der Waals surface area contributed by atoms with Crippen LogP contribution in [-0.2, 0) is 4.79 Å². The predicted molar refractivity (Wildman–Crippen MR) is 55.6 cm³/mol. The lowest BCUT2D eigenvalue weighted by Crippen LogP contribution is -2.27. The minimum absolute atomic E-state index is 0.170. The molecule has 1 aromatic rings. The van der Waals surface area contributed by atoms with Gasteiger partial charge in [-0.2, -0.15) is 0 Å². The quantitative estimate of drug-likeness (QED) is 0.607. The van der Waals surface area contributed by atoms with Crippen molar-refractivity contribution < 1.29 is 4.79 Å². The normalized spacial score (nSPS) is 9.64. The summed E-state index contributed by atoms with van der Waals surface area (Å²) >= 11 is 0. The van der Waals surface area contributed by atoms with E-state index < -0.39 is 0 Å². The third kappa shape index (κ3) is 2.35. The van der Waals surface area contributed by atoms with Gasteiger partial charge in [-0.25, -0.2) is 0 Å². The molecule has 0 aliphatic rings. The monoisotopic (exact) mass is 194 g/mol. The lowest BCUT2D eigenvalue weighted by atomic mass is 10.2. The number of hydrazine groups is 1. The molecule has 0 atom stereocenters. The van der Waals surface area contributed by atoms with Gasteiger partial charge in [0, 0.05) is 12.6 Å². The van der Waals surface area contributed by atoms with E-state index in [1.165, 1.54) is 6.92 Å². The van der Waals surface area contributed by atoms with Crippen molar-refractivity contribution in [3.8, 4) is 0 Å². The zero-order chi connectivity index (χ0) is 10.7. The fourth-order valence-corrected chi connectivity index (χ4v) is 1.10. The van der Waals surface area contributed by atoms with Gasteiger partial charge in [0.05, 0.1) is 17.1 Å². The summed E-state index contributed by atoms with van der Waals surface area (Å²) in [5, 5.41) is 0. The molecular weight excluding hydrogens is 180 g/mol. The number of aromatic nitrogens is 1. The van der Waals surface area contributed by atoms with E-state index in [9.17, 15) is 4.79 Å². The molecule has 5 nitrogen and oxygen atoms in total. The highest BCUT2D eigenvalue weighted by atomic mass is 16.2. The summed E-state index contributed by atoms with van der Waals surface area (Å²) in [6.45, 7) is 5.11. The number of aryl methyl sites for hydroxylation is 2. The largest absolute Gasteiger partial charge is 0.396 e. The Morgan fingerprint density at radius 1 is 1.50 bits per heavy atom. The number of hydrogen-bond acceptors (Lipinski definition) is 4. The molecule has 14 heavy (non-hydrogen) atoms. The topological polar surface area (TPSA) is 80.0 Å². The van der Waals surface area contributed by atoms with Gasteiger partial charge in [-0.1, -0.05) is 0 Å². The SMILES string of the molecule is CC(=O)NNc1cc(C)nc(C)c1N. The van der Waals surface area contributed by atoms with Crippen LogP contribution in [0.1, 0.15) is 18.3 Å². The number of nitrogen functional groups attached to an aromatic ring is 1. The third-order valence-corrected chi connectivity index (χ3v) is 1.75. The van der Waals surface area contributed by atoms with Crippen LogP contribution in [0.5, 0.6) is 0 Å². The van der Waals surface area contributed by atoms with E-state index >= 15 is 0 Å². The maximum Gasteiger partial charge on any atom is 0.235 e. The van der Waals surface area contributed by atoms with Crippen molar-refractivity contribution in [2.45, 2.75) is 20.8 Å². The summed E-state index contributed by atoms with van der Waals surface area (Å²) < 4.78 is 0. The molecule has 0 radical (unpaired) electrons. The first-order valence-corrected chi connectivity index (χ1v) is 4.27. The Morgan fingerprint density at radius 2 is 2.14 bits per heavy atom. The summed E-state index contributed by atoms with van der Waals surface area (Å²) in [5.74, 6) is -0.170. The Morgan fingerprint density at radius 3 is 2.71 bits per heavy atom. The molecule has 1 aromatic heterocycles. The van der Waals surface area contributed by atoms with Crippen molar-refractivity contribution in [2.75, 3.05) is 11.2 Å². The molecule has 0 unspecified atom stereocenters. The van der Waals surface area contributed by atoms with E-state index in [0.29, 0.717) is 11.4 Å². The molecule has 0 aliphatic heterocycles. The van der Waals surface area contributed by atoms with Crippen LogP contribution in [-0.4, -0.2) is 10.9 Å². The van der Waals surface area contributed by atoms with Crippen LogP contribution in [0.15, 0.2) is 6.07 Å². The second kappa shape index (κ2) is 3.95. The van der Waals surface area contributed by atoms with Crippen molar-refractivity contribution >= 4 is 17.3 Å². The molecule has 76 valence electrons. The van der Waals surface area contributed by atoms with Gasteiger partial charge in [0.1, 0.15) is 0 Å². The first-order valence-electron chi connectivity index (χ1n) is 4.27. The Kier molecular flexibility index (Phi) is 2.91. The molecule has 0 fully saturated rings. The van der Waals surface area contributed by atoms with Crippen molar-refractivity contribution in [1.29, 1.82) is 0 Å². The van der Waals surface area contributed by atoms with E-state index in [2.05, 4.69) is 15.8 Å². The van der Waals surface area contributed by atoms with Crippen LogP contribution in [0, 0.1) is 13.8 Å². The van der Waals surface area contributed by atoms with Gasteiger partial charge in [-0.3, -0.25) is 20.6 Å². The zero-order valence-corrected chi connectivity index (χ0v) is 8.51. The summed E-state index contributed by atoms with van der Waals surface area (Å²) in [4.78, 5) is 14.9. The maximum atomic E-state index is 10.7. The molecular formula is C9H14N4O. The fourth-order valence-electron chi connectivity index (χ4n) is 1.10. The Bertz CT molecular complexity index is 362.